The van der Waals surface area contributed by atoms with Crippen molar-refractivity contribution in [2.24, 2.45) is 0 Å². The molecule has 0 radical (unpaired) electrons. The molecule has 2 aromatic rings. The van der Waals surface area contributed by atoms with Gasteiger partial charge in [-0.3, -0.25) is 0 Å². The van der Waals surface area contributed by atoms with Crippen LogP contribution < -0.4 is 15.7 Å². The lowest BCUT2D eigenvalue weighted by molar-refractivity contribution is 0.115. The molecule has 0 aliphatic carbocycles. The molecule has 1 aliphatic rings. The maximum Gasteiger partial charge on any atom is 0.339 e. The lowest BCUT2D eigenvalue weighted by atomic mass is 10.1. The number of benzene rings is 1. The highest BCUT2D eigenvalue weighted by molar-refractivity contribution is 5.89. The Balaban J connectivity index is 1.52. The Morgan fingerprint density at radius 2 is 1.92 bits per heavy atom. The van der Waals surface area contributed by atoms with Crippen LogP contribution in [0.25, 0.3) is 0 Å². The Morgan fingerprint density at radius 1 is 1.21 bits per heavy atom. The van der Waals surface area contributed by atoms with E-state index in [4.69, 9.17) is 9.15 Å². The Kier molecular flexibility index (Phi) is 4.84. The van der Waals surface area contributed by atoms with Crippen molar-refractivity contribution in [2.45, 2.75) is 25.9 Å². The highest BCUT2D eigenvalue weighted by Gasteiger charge is 2.24. The summed E-state index contributed by atoms with van der Waals surface area (Å²) in [7, 11) is 0. The third-order valence-electron chi connectivity index (χ3n) is 3.92. The van der Waals surface area contributed by atoms with Crippen LogP contribution in [0.3, 0.4) is 0 Å². The number of nitrogens with zero attached hydrogens (tertiary/aromatic N) is 1. The summed E-state index contributed by atoms with van der Waals surface area (Å²) in [5, 5.41) is 2.88. The van der Waals surface area contributed by atoms with Gasteiger partial charge in [0.15, 0.2) is 0 Å². The molecule has 0 unspecified atom stereocenters. The van der Waals surface area contributed by atoms with Gasteiger partial charge in [0.25, 0.3) is 0 Å². The van der Waals surface area contributed by atoms with Crippen molar-refractivity contribution in [1.29, 1.82) is 0 Å². The smallest absolute Gasteiger partial charge is 0.339 e. The molecule has 6 nitrogen and oxygen atoms in total. The van der Waals surface area contributed by atoms with Crippen molar-refractivity contribution >= 4 is 11.7 Å². The van der Waals surface area contributed by atoms with E-state index < -0.39 is 5.63 Å². The van der Waals surface area contributed by atoms with Crippen molar-refractivity contribution in [3.8, 4) is 5.75 Å². The number of nitrogens with one attached hydrogen (secondary N) is 1. The largest absolute Gasteiger partial charge is 0.490 e. The van der Waals surface area contributed by atoms with Crippen LogP contribution in [0.4, 0.5) is 10.5 Å². The zero-order chi connectivity index (χ0) is 16.9. The standard InChI is InChI=1S/C18H20N2O4/c1-13-11-16(12-17(21)23-13)24-15-7-9-20(10-8-15)18(22)19-14-5-3-2-4-6-14/h2-6,11-12,15H,7-10H2,1H3,(H,19,22). The third kappa shape index (κ3) is 4.16. The van der Waals surface area contributed by atoms with Crippen LogP contribution in [0.5, 0.6) is 5.75 Å². The number of likely N-dealkylation sites (tertiary alicyclic amines) is 1. The minimum absolute atomic E-state index is 0.00743. The summed E-state index contributed by atoms with van der Waals surface area (Å²) in [5.41, 5.74) is 0.372. The molecule has 126 valence electrons. The van der Waals surface area contributed by atoms with Gasteiger partial charge in [-0.15, -0.1) is 0 Å². The Labute approximate surface area is 140 Å². The van der Waals surface area contributed by atoms with E-state index in [0.717, 1.165) is 18.5 Å². The number of urea groups is 1. The first kappa shape index (κ1) is 16.1. The predicted molar refractivity (Wildman–Crippen MR) is 90.4 cm³/mol. The molecule has 2 heterocycles. The first-order valence-corrected chi connectivity index (χ1v) is 7.99. The SMILES string of the molecule is Cc1cc(OC2CCN(C(=O)Nc3ccccc3)CC2)cc(=O)o1. The van der Waals surface area contributed by atoms with E-state index in [2.05, 4.69) is 5.32 Å². The summed E-state index contributed by atoms with van der Waals surface area (Å²) >= 11 is 0. The summed E-state index contributed by atoms with van der Waals surface area (Å²) in [6.45, 7) is 2.94. The van der Waals surface area contributed by atoms with Crippen molar-refractivity contribution in [3.63, 3.8) is 0 Å². The highest BCUT2D eigenvalue weighted by atomic mass is 16.5. The second kappa shape index (κ2) is 7.21. The van der Waals surface area contributed by atoms with Crippen LogP contribution >= 0.6 is 0 Å². The number of ether oxygens (including phenoxy) is 1. The van der Waals surface area contributed by atoms with Crippen LogP contribution in [0, 0.1) is 6.92 Å². The number of amides is 2. The maximum absolute atomic E-state index is 12.2. The van der Waals surface area contributed by atoms with Crippen LogP contribution in [0.15, 0.2) is 51.7 Å². The fourth-order valence-corrected chi connectivity index (χ4v) is 2.74. The molecule has 1 aromatic heterocycles. The Morgan fingerprint density at radius 3 is 2.58 bits per heavy atom. The van der Waals surface area contributed by atoms with Crippen molar-refractivity contribution < 1.29 is 13.9 Å². The normalized spacial score (nSPS) is 15.1. The number of carbonyl (C=O) groups is 1. The number of anilines is 1. The fraction of sp³-hybridized carbons (Fsp3) is 0.333. The number of aryl methyl sites for hydroxylation is 1. The monoisotopic (exact) mass is 328 g/mol. The van der Waals surface area contributed by atoms with Gasteiger partial charge in [-0.2, -0.15) is 0 Å². The number of piperidine rings is 1. The average molecular weight is 328 g/mol. The van der Waals surface area contributed by atoms with Crippen LogP contribution in [0.2, 0.25) is 0 Å². The predicted octanol–water partition coefficient (Wildman–Crippen LogP) is 3.02. The van der Waals surface area contributed by atoms with Crippen LogP contribution in [-0.2, 0) is 0 Å². The summed E-state index contributed by atoms with van der Waals surface area (Å²) in [6, 6.07) is 12.3. The van der Waals surface area contributed by atoms with Crippen molar-refractivity contribution in [3.05, 3.63) is 58.6 Å². The van der Waals surface area contributed by atoms with Crippen LogP contribution in [0.1, 0.15) is 18.6 Å². The second-order valence-corrected chi connectivity index (χ2v) is 5.82. The van der Waals surface area contributed by atoms with E-state index >= 15 is 0 Å². The van der Waals surface area contributed by atoms with Gasteiger partial charge >= 0.3 is 11.7 Å². The molecule has 3 rings (SSSR count). The van der Waals surface area contributed by atoms with Crippen LogP contribution in [-0.4, -0.2) is 30.1 Å². The van der Waals surface area contributed by atoms with Gasteiger partial charge in [-0.05, 0) is 19.1 Å². The topological polar surface area (TPSA) is 71.8 Å². The Bertz CT molecular complexity index is 749. The molecule has 0 bridgehead atoms. The zero-order valence-corrected chi connectivity index (χ0v) is 13.5. The lowest BCUT2D eigenvalue weighted by Gasteiger charge is -2.32. The summed E-state index contributed by atoms with van der Waals surface area (Å²) in [4.78, 5) is 25.4. The molecule has 1 aromatic carbocycles. The molecule has 1 fully saturated rings. The maximum atomic E-state index is 12.2. The van der Waals surface area contributed by atoms with Crippen molar-refractivity contribution in [1.82, 2.24) is 4.90 Å². The molecule has 1 aliphatic heterocycles. The van der Waals surface area contributed by atoms with Gasteiger partial charge in [0, 0.05) is 37.7 Å². The number of hydrogen-bond donors (Lipinski definition) is 1. The van der Waals surface area contributed by atoms with Gasteiger partial charge in [-0.1, -0.05) is 18.2 Å². The quantitative estimate of drug-likeness (QED) is 0.940. The fourth-order valence-electron chi connectivity index (χ4n) is 2.74. The molecular formula is C18H20N2O4. The first-order valence-electron chi connectivity index (χ1n) is 7.99. The lowest BCUT2D eigenvalue weighted by Crippen LogP contribution is -2.43. The number of rotatable bonds is 3. The molecule has 0 atom stereocenters. The second-order valence-electron chi connectivity index (χ2n) is 5.82. The third-order valence-corrected chi connectivity index (χ3v) is 3.92. The number of hydrogen-bond acceptors (Lipinski definition) is 4. The minimum atomic E-state index is -0.412. The first-order chi connectivity index (χ1) is 11.6. The van der Waals surface area contributed by atoms with E-state index in [-0.39, 0.29) is 12.1 Å². The van der Waals surface area contributed by atoms with Crippen molar-refractivity contribution in [2.75, 3.05) is 18.4 Å². The average Bonchev–Trinajstić information content (AvgIpc) is 2.55. The van der Waals surface area contributed by atoms with E-state index in [1.165, 1.54) is 6.07 Å². The molecular weight excluding hydrogens is 308 g/mol. The minimum Gasteiger partial charge on any atom is -0.490 e. The zero-order valence-electron chi connectivity index (χ0n) is 13.5. The molecule has 1 N–H and O–H groups in total. The van der Waals surface area contributed by atoms with E-state index in [0.29, 0.717) is 24.6 Å². The molecule has 0 saturated carbocycles. The van der Waals surface area contributed by atoms with Gasteiger partial charge < -0.3 is 19.4 Å². The van der Waals surface area contributed by atoms with E-state index in [9.17, 15) is 9.59 Å². The van der Waals surface area contributed by atoms with Gasteiger partial charge in [-0.25, -0.2) is 9.59 Å². The molecule has 1 saturated heterocycles. The van der Waals surface area contributed by atoms with E-state index in [1.54, 1.807) is 17.9 Å². The van der Waals surface area contributed by atoms with Gasteiger partial charge in [0.2, 0.25) is 0 Å². The number of carbonyl (C=O) groups excluding carboxylic acids is 1. The molecule has 0 spiro atoms. The Hall–Kier alpha value is -2.76. The summed E-state index contributed by atoms with van der Waals surface area (Å²) in [6.07, 6.45) is 1.44. The molecule has 6 heteroatoms. The summed E-state index contributed by atoms with van der Waals surface area (Å²) < 4.78 is 10.8. The summed E-state index contributed by atoms with van der Waals surface area (Å²) in [5.74, 6) is 1.05. The van der Waals surface area contributed by atoms with Gasteiger partial charge in [0.1, 0.15) is 17.6 Å². The highest BCUT2D eigenvalue weighted by Crippen LogP contribution is 2.19. The van der Waals surface area contributed by atoms with Gasteiger partial charge in [0.05, 0.1) is 6.07 Å². The molecule has 24 heavy (non-hydrogen) atoms. The molecule has 2 amide bonds. The number of para-hydroxylation sites is 1. The van der Waals surface area contributed by atoms with E-state index in [1.807, 2.05) is 30.3 Å².